The third-order valence-corrected chi connectivity index (χ3v) is 6.29. The maximum Gasteiger partial charge on any atom is 0.270 e. The first-order chi connectivity index (χ1) is 17.6. The zero-order chi connectivity index (χ0) is 27.2. The number of nitriles is 2. The minimum atomic E-state index is -0.325. The summed E-state index contributed by atoms with van der Waals surface area (Å²) in [5, 5.41) is 26.6. The van der Waals surface area contributed by atoms with Crippen molar-refractivity contribution in [3.05, 3.63) is 51.7 Å². The molecule has 0 atom stereocenters. The van der Waals surface area contributed by atoms with Crippen LogP contribution in [-0.4, -0.2) is 44.2 Å². The van der Waals surface area contributed by atoms with Crippen LogP contribution in [0.3, 0.4) is 0 Å². The molecule has 0 spiro atoms. The summed E-state index contributed by atoms with van der Waals surface area (Å²) in [5.41, 5.74) is 2.47. The van der Waals surface area contributed by atoms with Gasteiger partial charge in [-0.3, -0.25) is 9.48 Å². The quantitative estimate of drug-likeness (QED) is 0.390. The van der Waals surface area contributed by atoms with Crippen molar-refractivity contribution >= 4 is 22.9 Å². The molecule has 37 heavy (non-hydrogen) atoms. The van der Waals surface area contributed by atoms with E-state index < -0.39 is 0 Å². The standard InChI is InChI=1S/C18H19N5O.C9H15N3O/c1-22(13-6-4-3-5-7-13)17-14(11-20)18(24)23(2)15-9-8-12(10-19)21-16(15)17;1-9(2,3)13-11-7-8-5-6-10-12(8)4/h8-9,13H,3-7H2,1-2H3;5-7H,1-4H3/b;11-7-. The highest BCUT2D eigenvalue weighted by Crippen LogP contribution is 2.32. The van der Waals surface area contributed by atoms with Crippen molar-refractivity contribution in [1.29, 1.82) is 10.5 Å². The van der Waals surface area contributed by atoms with Crippen LogP contribution in [0.5, 0.6) is 0 Å². The third kappa shape index (κ3) is 6.53. The normalized spacial score (nSPS) is 14.1. The molecule has 0 N–H and O–H groups in total. The number of nitrogens with zero attached hydrogens (tertiary/aromatic N) is 8. The zero-order valence-corrected chi connectivity index (χ0v) is 22.4. The van der Waals surface area contributed by atoms with E-state index in [0.29, 0.717) is 16.7 Å². The SMILES string of the molecule is CN(c1c(C#N)c(=O)n(C)c2ccc(C#N)nc12)C1CCCCC1.Cn1nccc1/C=N\OC(C)(C)C. The molecule has 0 saturated heterocycles. The van der Waals surface area contributed by atoms with Crippen LogP contribution >= 0.6 is 0 Å². The Hall–Kier alpha value is -4.18. The Balaban J connectivity index is 0.000000248. The van der Waals surface area contributed by atoms with Crippen LogP contribution < -0.4 is 10.5 Å². The van der Waals surface area contributed by atoms with Gasteiger partial charge in [0, 0.05) is 33.4 Å². The van der Waals surface area contributed by atoms with Gasteiger partial charge in [-0.25, -0.2) is 4.98 Å². The molecular formula is C27H34N8O2. The van der Waals surface area contributed by atoms with Gasteiger partial charge >= 0.3 is 0 Å². The molecule has 10 nitrogen and oxygen atoms in total. The lowest BCUT2D eigenvalue weighted by Crippen LogP contribution is -2.36. The minimum absolute atomic E-state index is 0.0978. The predicted octanol–water partition coefficient (Wildman–Crippen LogP) is 4.01. The lowest BCUT2D eigenvalue weighted by atomic mass is 9.93. The molecule has 1 aliphatic carbocycles. The van der Waals surface area contributed by atoms with Gasteiger partial charge in [0.1, 0.15) is 34.5 Å². The molecule has 0 unspecified atom stereocenters. The number of rotatable bonds is 4. The highest BCUT2D eigenvalue weighted by molar-refractivity contribution is 5.92. The maximum absolute atomic E-state index is 12.6. The molecule has 4 rings (SSSR count). The summed E-state index contributed by atoms with van der Waals surface area (Å²) in [4.78, 5) is 24.2. The van der Waals surface area contributed by atoms with Crippen LogP contribution in [0.4, 0.5) is 5.69 Å². The number of aromatic nitrogens is 4. The van der Waals surface area contributed by atoms with Gasteiger partial charge in [-0.2, -0.15) is 15.6 Å². The first kappa shape index (κ1) is 27.4. The molecule has 1 aliphatic rings. The topological polar surface area (TPSA) is 125 Å². The molecule has 3 aromatic heterocycles. The second-order valence-corrected chi connectivity index (χ2v) is 10.1. The number of anilines is 1. The molecular weight excluding hydrogens is 468 g/mol. The molecule has 10 heteroatoms. The Labute approximate surface area is 217 Å². The molecule has 0 amide bonds. The van der Waals surface area contributed by atoms with Crippen molar-refractivity contribution in [2.75, 3.05) is 11.9 Å². The molecule has 194 valence electrons. The summed E-state index contributed by atoms with van der Waals surface area (Å²) in [6.45, 7) is 5.86. The molecule has 1 saturated carbocycles. The van der Waals surface area contributed by atoms with Crippen LogP contribution in [0, 0.1) is 22.7 Å². The summed E-state index contributed by atoms with van der Waals surface area (Å²) < 4.78 is 3.16. The molecule has 0 radical (unpaired) electrons. The van der Waals surface area contributed by atoms with E-state index in [4.69, 9.17) is 10.1 Å². The summed E-state index contributed by atoms with van der Waals surface area (Å²) in [5.74, 6) is 0. The fourth-order valence-corrected chi connectivity index (χ4v) is 4.30. The van der Waals surface area contributed by atoms with Crippen LogP contribution in [0.2, 0.25) is 0 Å². The van der Waals surface area contributed by atoms with E-state index in [9.17, 15) is 10.1 Å². The van der Waals surface area contributed by atoms with Crippen molar-refractivity contribution in [3.8, 4) is 12.1 Å². The van der Waals surface area contributed by atoms with Gasteiger partial charge in [-0.1, -0.05) is 24.4 Å². The van der Waals surface area contributed by atoms with Gasteiger partial charge in [0.25, 0.3) is 5.56 Å². The Morgan fingerprint density at radius 2 is 1.84 bits per heavy atom. The van der Waals surface area contributed by atoms with E-state index >= 15 is 0 Å². The Bertz CT molecular complexity index is 1410. The number of aryl methyl sites for hydroxylation is 2. The number of fused-ring (bicyclic) bond motifs is 1. The fourth-order valence-electron chi connectivity index (χ4n) is 4.30. The smallest absolute Gasteiger partial charge is 0.270 e. The first-order valence-electron chi connectivity index (χ1n) is 12.3. The molecule has 0 aliphatic heterocycles. The van der Waals surface area contributed by atoms with Crippen molar-refractivity contribution in [2.45, 2.75) is 64.5 Å². The Morgan fingerprint density at radius 3 is 2.41 bits per heavy atom. The number of hydrogen-bond donors (Lipinski definition) is 0. The van der Waals surface area contributed by atoms with E-state index in [2.05, 4.69) is 21.3 Å². The molecule has 3 aromatic rings. The van der Waals surface area contributed by atoms with Crippen LogP contribution in [0.15, 0.2) is 34.3 Å². The molecule has 0 bridgehead atoms. The predicted molar refractivity (Wildman–Crippen MR) is 143 cm³/mol. The summed E-state index contributed by atoms with van der Waals surface area (Å²) in [7, 11) is 5.41. The zero-order valence-electron chi connectivity index (χ0n) is 22.4. The second-order valence-electron chi connectivity index (χ2n) is 10.1. The first-order valence-corrected chi connectivity index (χ1v) is 12.3. The highest BCUT2D eigenvalue weighted by atomic mass is 16.6. The van der Waals surface area contributed by atoms with Crippen molar-refractivity contribution < 1.29 is 4.84 Å². The van der Waals surface area contributed by atoms with E-state index in [1.54, 1.807) is 36.3 Å². The van der Waals surface area contributed by atoms with Crippen LogP contribution in [-0.2, 0) is 18.9 Å². The average molecular weight is 503 g/mol. The third-order valence-electron chi connectivity index (χ3n) is 6.29. The largest absolute Gasteiger partial charge is 0.390 e. The lowest BCUT2D eigenvalue weighted by molar-refractivity contribution is 0.00193. The molecule has 1 fully saturated rings. The number of pyridine rings is 2. The Kier molecular flexibility index (Phi) is 8.67. The van der Waals surface area contributed by atoms with Crippen molar-refractivity contribution in [1.82, 2.24) is 19.3 Å². The second kappa shape index (κ2) is 11.7. The maximum atomic E-state index is 12.6. The van der Waals surface area contributed by atoms with Crippen LogP contribution in [0.1, 0.15) is 69.8 Å². The fraction of sp³-hybridized carbons (Fsp3) is 0.481. The van der Waals surface area contributed by atoms with Crippen molar-refractivity contribution in [2.24, 2.45) is 19.3 Å². The summed E-state index contributed by atoms with van der Waals surface area (Å²) in [6.07, 6.45) is 8.97. The van der Waals surface area contributed by atoms with Crippen molar-refractivity contribution in [3.63, 3.8) is 0 Å². The van der Waals surface area contributed by atoms with E-state index in [-0.39, 0.29) is 28.5 Å². The number of oxime groups is 1. The summed E-state index contributed by atoms with van der Waals surface area (Å²) in [6, 6.07) is 9.57. The average Bonchev–Trinajstić information content (AvgIpc) is 3.29. The van der Waals surface area contributed by atoms with Gasteiger partial charge in [-0.05, 0) is 51.8 Å². The van der Waals surface area contributed by atoms with Crippen LogP contribution in [0.25, 0.3) is 11.0 Å². The molecule has 3 heterocycles. The van der Waals surface area contributed by atoms with Gasteiger partial charge in [0.15, 0.2) is 0 Å². The van der Waals surface area contributed by atoms with E-state index in [0.717, 1.165) is 31.4 Å². The van der Waals surface area contributed by atoms with Gasteiger partial charge in [0.05, 0.1) is 23.1 Å². The monoisotopic (exact) mass is 502 g/mol. The summed E-state index contributed by atoms with van der Waals surface area (Å²) >= 11 is 0. The van der Waals surface area contributed by atoms with E-state index in [1.807, 2.05) is 51.9 Å². The lowest BCUT2D eigenvalue weighted by Gasteiger charge is -2.33. The van der Waals surface area contributed by atoms with Gasteiger partial charge < -0.3 is 14.3 Å². The van der Waals surface area contributed by atoms with Gasteiger partial charge in [0.2, 0.25) is 0 Å². The van der Waals surface area contributed by atoms with Gasteiger partial charge in [-0.15, -0.1) is 0 Å². The number of hydrogen-bond acceptors (Lipinski definition) is 8. The molecule has 0 aromatic carbocycles. The Morgan fingerprint density at radius 1 is 1.14 bits per heavy atom. The minimum Gasteiger partial charge on any atom is -0.390 e. The highest BCUT2D eigenvalue weighted by Gasteiger charge is 2.25. The van der Waals surface area contributed by atoms with E-state index in [1.165, 1.54) is 11.0 Å².